The summed E-state index contributed by atoms with van der Waals surface area (Å²) in [5.74, 6) is -1.68. The second-order valence-corrected chi connectivity index (χ2v) is 4.22. The number of carbonyl (C=O) groups excluding carboxylic acids is 1. The lowest BCUT2D eigenvalue weighted by atomic mass is 10.1. The summed E-state index contributed by atoms with van der Waals surface area (Å²) in [6, 6.07) is 9.76. The first kappa shape index (κ1) is 13.9. The second-order valence-electron chi connectivity index (χ2n) is 4.22. The molecule has 0 amide bonds. The summed E-state index contributed by atoms with van der Waals surface area (Å²) < 4.78 is 18.4. The Kier molecular flexibility index (Phi) is 4.20. The van der Waals surface area contributed by atoms with E-state index in [4.69, 9.17) is 14.9 Å². The van der Waals surface area contributed by atoms with Crippen LogP contribution in [0, 0.1) is 5.82 Å². The molecule has 0 aliphatic carbocycles. The summed E-state index contributed by atoms with van der Waals surface area (Å²) in [5.41, 5.74) is 0.676. The number of halogens is 1. The van der Waals surface area contributed by atoms with Crippen LogP contribution in [-0.4, -0.2) is 22.8 Å². The van der Waals surface area contributed by atoms with Crippen LogP contribution in [0.2, 0.25) is 0 Å². The number of benzene rings is 2. The molecule has 0 unspecified atom stereocenters. The normalized spacial score (nSPS) is 10.2. The van der Waals surface area contributed by atoms with E-state index in [0.29, 0.717) is 6.42 Å². The molecule has 0 heterocycles. The lowest BCUT2D eigenvalue weighted by molar-refractivity contribution is 0.0504. The first-order valence-corrected chi connectivity index (χ1v) is 6.00. The van der Waals surface area contributed by atoms with E-state index in [1.807, 2.05) is 0 Å². The number of phenols is 2. The number of hydrogen-bond donors (Lipinski definition) is 2. The molecule has 0 radical (unpaired) electrons. The molecule has 0 spiro atoms. The van der Waals surface area contributed by atoms with Crippen molar-refractivity contribution in [3.63, 3.8) is 0 Å². The molecule has 0 fully saturated rings. The van der Waals surface area contributed by atoms with Gasteiger partial charge in [0.15, 0.2) is 0 Å². The lowest BCUT2D eigenvalue weighted by Crippen LogP contribution is -2.10. The SMILES string of the molecule is O=C(OCCc1ccc(O)cc1)c1ccc(O)cc1F. The average Bonchev–Trinajstić information content (AvgIpc) is 2.41. The monoisotopic (exact) mass is 276 g/mol. The summed E-state index contributed by atoms with van der Waals surface area (Å²) in [5, 5.41) is 18.2. The molecule has 0 saturated heterocycles. The van der Waals surface area contributed by atoms with Crippen molar-refractivity contribution in [2.24, 2.45) is 0 Å². The number of rotatable bonds is 4. The van der Waals surface area contributed by atoms with Crippen molar-refractivity contribution < 1.29 is 24.1 Å². The van der Waals surface area contributed by atoms with Gasteiger partial charge in [0, 0.05) is 12.5 Å². The molecular formula is C15H13FO4. The third kappa shape index (κ3) is 3.47. The van der Waals surface area contributed by atoms with E-state index < -0.39 is 11.8 Å². The molecule has 0 aromatic heterocycles. The molecule has 4 nitrogen and oxygen atoms in total. The Morgan fingerprint density at radius 2 is 1.70 bits per heavy atom. The van der Waals surface area contributed by atoms with Crippen LogP contribution in [0.1, 0.15) is 15.9 Å². The van der Waals surface area contributed by atoms with Crippen molar-refractivity contribution in [3.05, 3.63) is 59.4 Å². The Morgan fingerprint density at radius 3 is 2.35 bits per heavy atom. The maximum Gasteiger partial charge on any atom is 0.341 e. The molecule has 2 N–H and O–H groups in total. The average molecular weight is 276 g/mol. The zero-order valence-corrected chi connectivity index (χ0v) is 10.5. The van der Waals surface area contributed by atoms with Crippen LogP contribution in [0.15, 0.2) is 42.5 Å². The minimum absolute atomic E-state index is 0.101. The maximum absolute atomic E-state index is 13.4. The van der Waals surface area contributed by atoms with E-state index in [2.05, 4.69) is 0 Å². The van der Waals surface area contributed by atoms with E-state index in [1.165, 1.54) is 24.3 Å². The molecule has 2 aromatic carbocycles. The Balaban J connectivity index is 1.90. The number of phenolic OH excluding ortho intramolecular Hbond substituents is 2. The van der Waals surface area contributed by atoms with Crippen molar-refractivity contribution in [2.45, 2.75) is 6.42 Å². The molecule has 2 rings (SSSR count). The van der Waals surface area contributed by atoms with Gasteiger partial charge in [-0.3, -0.25) is 0 Å². The van der Waals surface area contributed by atoms with E-state index in [9.17, 15) is 9.18 Å². The van der Waals surface area contributed by atoms with Crippen molar-refractivity contribution in [1.29, 1.82) is 0 Å². The zero-order valence-electron chi connectivity index (χ0n) is 10.5. The van der Waals surface area contributed by atoms with Gasteiger partial charge < -0.3 is 14.9 Å². The van der Waals surface area contributed by atoms with Crippen LogP contribution in [0.5, 0.6) is 11.5 Å². The summed E-state index contributed by atoms with van der Waals surface area (Å²) in [6.07, 6.45) is 0.464. The van der Waals surface area contributed by atoms with Crippen LogP contribution in [0.3, 0.4) is 0 Å². The van der Waals surface area contributed by atoms with Gasteiger partial charge in [-0.1, -0.05) is 12.1 Å². The van der Waals surface area contributed by atoms with Gasteiger partial charge in [-0.15, -0.1) is 0 Å². The van der Waals surface area contributed by atoms with Gasteiger partial charge in [-0.05, 0) is 29.8 Å². The number of hydrogen-bond acceptors (Lipinski definition) is 4. The van der Waals surface area contributed by atoms with Crippen LogP contribution in [0.4, 0.5) is 4.39 Å². The molecular weight excluding hydrogens is 263 g/mol. The lowest BCUT2D eigenvalue weighted by Gasteiger charge is -2.06. The van der Waals surface area contributed by atoms with Gasteiger partial charge in [0.1, 0.15) is 17.3 Å². The van der Waals surface area contributed by atoms with Crippen LogP contribution in [-0.2, 0) is 11.2 Å². The topological polar surface area (TPSA) is 66.8 Å². The van der Waals surface area contributed by atoms with Gasteiger partial charge in [0.05, 0.1) is 12.2 Å². The molecule has 2 aromatic rings. The number of esters is 1. The predicted molar refractivity (Wildman–Crippen MR) is 70.2 cm³/mol. The van der Waals surface area contributed by atoms with Crippen molar-refractivity contribution in [3.8, 4) is 11.5 Å². The van der Waals surface area contributed by atoms with Crippen molar-refractivity contribution in [2.75, 3.05) is 6.61 Å². The molecule has 0 atom stereocenters. The Labute approximate surface area is 115 Å². The van der Waals surface area contributed by atoms with Crippen LogP contribution < -0.4 is 0 Å². The Bertz CT molecular complexity index is 608. The summed E-state index contributed by atoms with van der Waals surface area (Å²) in [7, 11) is 0. The molecule has 0 bridgehead atoms. The highest BCUT2D eigenvalue weighted by Crippen LogP contribution is 2.16. The van der Waals surface area contributed by atoms with Crippen molar-refractivity contribution in [1.82, 2.24) is 0 Å². The molecule has 0 saturated carbocycles. The molecule has 5 heteroatoms. The number of aromatic hydroxyl groups is 2. The van der Waals surface area contributed by atoms with E-state index >= 15 is 0 Å². The summed E-state index contributed by atoms with van der Waals surface area (Å²) in [4.78, 5) is 11.6. The molecule has 104 valence electrons. The standard InChI is InChI=1S/C15H13FO4/c16-14-9-12(18)5-6-13(14)15(19)20-8-7-10-1-3-11(17)4-2-10/h1-6,9,17-18H,7-8H2. The first-order chi connectivity index (χ1) is 9.56. The molecule has 0 aliphatic rings. The van der Waals surface area contributed by atoms with Gasteiger partial charge in [0.25, 0.3) is 0 Å². The smallest absolute Gasteiger partial charge is 0.341 e. The minimum Gasteiger partial charge on any atom is -0.508 e. The van der Waals surface area contributed by atoms with Gasteiger partial charge in [-0.25, -0.2) is 9.18 Å². The Hall–Kier alpha value is -2.56. The van der Waals surface area contributed by atoms with Gasteiger partial charge >= 0.3 is 5.97 Å². The minimum atomic E-state index is -0.820. The second kappa shape index (κ2) is 6.06. The highest BCUT2D eigenvalue weighted by Gasteiger charge is 2.13. The highest BCUT2D eigenvalue weighted by molar-refractivity contribution is 5.89. The van der Waals surface area contributed by atoms with E-state index in [0.717, 1.165) is 11.6 Å². The quantitative estimate of drug-likeness (QED) is 0.842. The summed E-state index contributed by atoms with van der Waals surface area (Å²) in [6.45, 7) is 0.101. The fourth-order valence-corrected chi connectivity index (χ4v) is 1.67. The van der Waals surface area contributed by atoms with Gasteiger partial charge in [0.2, 0.25) is 0 Å². The highest BCUT2D eigenvalue weighted by atomic mass is 19.1. The number of carbonyl (C=O) groups is 1. The summed E-state index contributed by atoms with van der Waals surface area (Å²) >= 11 is 0. The van der Waals surface area contributed by atoms with E-state index in [1.54, 1.807) is 12.1 Å². The fraction of sp³-hybridized carbons (Fsp3) is 0.133. The van der Waals surface area contributed by atoms with E-state index in [-0.39, 0.29) is 23.7 Å². The third-order valence-electron chi connectivity index (χ3n) is 2.73. The largest absolute Gasteiger partial charge is 0.508 e. The first-order valence-electron chi connectivity index (χ1n) is 6.00. The third-order valence-corrected chi connectivity index (χ3v) is 2.73. The van der Waals surface area contributed by atoms with Crippen LogP contribution in [0.25, 0.3) is 0 Å². The zero-order chi connectivity index (χ0) is 14.5. The Morgan fingerprint density at radius 1 is 1.05 bits per heavy atom. The van der Waals surface area contributed by atoms with Crippen LogP contribution >= 0.6 is 0 Å². The number of ether oxygens (including phenoxy) is 1. The van der Waals surface area contributed by atoms with Crippen molar-refractivity contribution >= 4 is 5.97 Å². The predicted octanol–water partition coefficient (Wildman–Crippen LogP) is 2.64. The van der Waals surface area contributed by atoms with Gasteiger partial charge in [-0.2, -0.15) is 0 Å². The fourth-order valence-electron chi connectivity index (χ4n) is 1.67. The molecule has 20 heavy (non-hydrogen) atoms. The maximum atomic E-state index is 13.4. The molecule has 0 aliphatic heterocycles.